The average molecular weight is 508 g/mol. The maximum atomic E-state index is 12.4. The van der Waals surface area contributed by atoms with Gasteiger partial charge in [0.15, 0.2) is 0 Å². The Balaban J connectivity index is 3.57. The van der Waals surface area contributed by atoms with Crippen LogP contribution >= 0.6 is 0 Å². The van der Waals surface area contributed by atoms with Crippen LogP contribution in [0.5, 0.6) is 0 Å². The van der Waals surface area contributed by atoms with Crippen molar-refractivity contribution in [3.63, 3.8) is 0 Å². The monoisotopic (exact) mass is 507 g/mol. The van der Waals surface area contributed by atoms with Crippen molar-refractivity contribution in [3.05, 3.63) is 0 Å². The van der Waals surface area contributed by atoms with E-state index in [9.17, 15) is 14.4 Å². The molecule has 0 fully saturated rings. The van der Waals surface area contributed by atoms with Gasteiger partial charge in [-0.05, 0) is 5.92 Å². The molecular formula is C23H45N3O9. The number of hydrogen-bond donors (Lipinski definition) is 2. The van der Waals surface area contributed by atoms with E-state index in [0.717, 1.165) is 0 Å². The highest BCUT2D eigenvalue weighted by atomic mass is 16.6. The Labute approximate surface area is 209 Å². The van der Waals surface area contributed by atoms with E-state index in [1.807, 2.05) is 13.8 Å². The summed E-state index contributed by atoms with van der Waals surface area (Å²) in [6.07, 6.45) is 0.757. The van der Waals surface area contributed by atoms with Crippen LogP contribution in [0.2, 0.25) is 0 Å². The van der Waals surface area contributed by atoms with Gasteiger partial charge in [0.2, 0.25) is 11.8 Å². The van der Waals surface area contributed by atoms with Crippen LogP contribution in [0.3, 0.4) is 0 Å². The maximum absolute atomic E-state index is 12.4. The lowest BCUT2D eigenvalue weighted by Gasteiger charge is -2.30. The van der Waals surface area contributed by atoms with Crippen LogP contribution in [0.4, 0.5) is 0 Å². The Kier molecular flexibility index (Phi) is 22.9. The van der Waals surface area contributed by atoms with Gasteiger partial charge in [-0.3, -0.25) is 9.59 Å². The minimum atomic E-state index is -0.642. The molecule has 0 saturated carbocycles. The first-order chi connectivity index (χ1) is 17.0. The molecule has 0 aromatic rings. The summed E-state index contributed by atoms with van der Waals surface area (Å²) in [5.74, 6) is -0.644. The molecule has 0 rings (SSSR count). The molecule has 0 aromatic carbocycles. The van der Waals surface area contributed by atoms with Crippen LogP contribution < -0.4 is 11.1 Å². The number of likely N-dealkylation sites (N-methyl/N-ethyl adjacent to an activating group) is 1. The summed E-state index contributed by atoms with van der Waals surface area (Å²) >= 11 is 0. The number of hydrogen-bond acceptors (Lipinski definition) is 10. The number of nitrogens with one attached hydrogen (secondary N) is 1. The van der Waals surface area contributed by atoms with E-state index >= 15 is 0 Å². The number of carbonyl (C=O) groups is 3. The highest BCUT2D eigenvalue weighted by Crippen LogP contribution is 2.11. The Hall–Kier alpha value is -1.67. The smallest absolute Gasteiger partial charge is 0.243 e. The van der Waals surface area contributed by atoms with E-state index < -0.39 is 6.04 Å². The van der Waals surface area contributed by atoms with E-state index in [0.29, 0.717) is 85.5 Å². The highest BCUT2D eigenvalue weighted by Gasteiger charge is 2.29. The van der Waals surface area contributed by atoms with Gasteiger partial charge in [0, 0.05) is 13.6 Å². The summed E-state index contributed by atoms with van der Waals surface area (Å²) in [5.41, 5.74) is 5.31. The molecule has 1 unspecified atom stereocenters. The fourth-order valence-electron chi connectivity index (χ4n) is 2.95. The fourth-order valence-corrected chi connectivity index (χ4v) is 2.95. The summed E-state index contributed by atoms with van der Waals surface area (Å²) in [6, 6.07) is -0.642. The number of carbonyl (C=O) groups excluding carboxylic acids is 3. The second-order valence-electron chi connectivity index (χ2n) is 7.82. The standard InChI is InChI=1S/C23H45N3O9/c1-20(2)22(23(29)25-6-7-27)26(3)21(28)4-8-30-10-12-32-14-16-34-18-19-35-17-15-33-13-11-31-9-5-24/h7,20,22H,4-6,8-19,24H2,1-3H3,(H,25,29). The Morgan fingerprint density at radius 2 is 1.17 bits per heavy atom. The zero-order valence-corrected chi connectivity index (χ0v) is 21.5. The summed E-state index contributed by atoms with van der Waals surface area (Å²) in [6.45, 7) is 9.53. The molecule has 0 aromatic heterocycles. The third-order valence-electron chi connectivity index (χ3n) is 4.65. The van der Waals surface area contributed by atoms with Gasteiger partial charge in [0.05, 0.1) is 92.2 Å². The molecule has 206 valence electrons. The Morgan fingerprint density at radius 3 is 1.54 bits per heavy atom. The van der Waals surface area contributed by atoms with Crippen LogP contribution in [0.15, 0.2) is 0 Å². The van der Waals surface area contributed by atoms with Gasteiger partial charge in [-0.2, -0.15) is 0 Å². The van der Waals surface area contributed by atoms with Crippen molar-refractivity contribution >= 4 is 18.1 Å². The molecule has 35 heavy (non-hydrogen) atoms. The predicted molar refractivity (Wildman–Crippen MR) is 129 cm³/mol. The first-order valence-electron chi connectivity index (χ1n) is 12.1. The second-order valence-corrected chi connectivity index (χ2v) is 7.82. The zero-order chi connectivity index (χ0) is 26.2. The summed E-state index contributed by atoms with van der Waals surface area (Å²) in [7, 11) is 1.58. The molecule has 0 aliphatic carbocycles. The van der Waals surface area contributed by atoms with Gasteiger partial charge in [-0.15, -0.1) is 0 Å². The Bertz CT molecular complexity index is 538. The summed E-state index contributed by atoms with van der Waals surface area (Å²) in [4.78, 5) is 36.4. The van der Waals surface area contributed by atoms with Crippen LogP contribution in [0.1, 0.15) is 20.3 Å². The molecule has 12 nitrogen and oxygen atoms in total. The number of ether oxygens (including phenoxy) is 6. The third kappa shape index (κ3) is 19.2. The number of rotatable bonds is 25. The van der Waals surface area contributed by atoms with Crippen molar-refractivity contribution in [1.29, 1.82) is 0 Å². The molecule has 0 spiro atoms. The first kappa shape index (κ1) is 33.3. The zero-order valence-electron chi connectivity index (χ0n) is 21.5. The van der Waals surface area contributed by atoms with E-state index in [2.05, 4.69) is 5.32 Å². The number of nitrogens with zero attached hydrogens (tertiary/aromatic N) is 1. The number of nitrogens with two attached hydrogens (primary N) is 1. The Morgan fingerprint density at radius 1 is 0.771 bits per heavy atom. The van der Waals surface area contributed by atoms with Crippen molar-refractivity contribution in [1.82, 2.24) is 10.2 Å². The number of aldehydes is 1. The molecule has 0 heterocycles. The van der Waals surface area contributed by atoms with Crippen LogP contribution in [-0.4, -0.2) is 128 Å². The van der Waals surface area contributed by atoms with E-state index in [1.165, 1.54) is 4.90 Å². The molecule has 0 aliphatic rings. The van der Waals surface area contributed by atoms with Gasteiger partial charge in [-0.25, -0.2) is 0 Å². The normalized spacial score (nSPS) is 12.0. The molecular weight excluding hydrogens is 462 g/mol. The SMILES string of the molecule is CC(C)C(C(=O)NCC=O)N(C)C(=O)CCOCCOCCOCCOCCOCCOCCN. The molecule has 12 heteroatoms. The van der Waals surface area contributed by atoms with Crippen molar-refractivity contribution in [2.75, 3.05) is 99.4 Å². The third-order valence-corrected chi connectivity index (χ3v) is 4.65. The molecule has 0 aliphatic heterocycles. The van der Waals surface area contributed by atoms with Gasteiger partial charge >= 0.3 is 0 Å². The molecule has 0 saturated heterocycles. The topological polar surface area (TPSA) is 148 Å². The average Bonchev–Trinajstić information content (AvgIpc) is 2.83. The first-order valence-corrected chi connectivity index (χ1v) is 12.1. The molecule has 1 atom stereocenters. The van der Waals surface area contributed by atoms with Gasteiger partial charge in [0.1, 0.15) is 12.3 Å². The van der Waals surface area contributed by atoms with Crippen molar-refractivity contribution in [3.8, 4) is 0 Å². The number of amides is 2. The lowest BCUT2D eigenvalue weighted by Crippen LogP contribution is -2.51. The van der Waals surface area contributed by atoms with E-state index in [1.54, 1.807) is 7.05 Å². The predicted octanol–water partition coefficient (Wildman–Crippen LogP) is -0.767. The highest BCUT2D eigenvalue weighted by molar-refractivity contribution is 5.88. The largest absolute Gasteiger partial charge is 0.379 e. The van der Waals surface area contributed by atoms with Crippen molar-refractivity contribution < 1.29 is 42.8 Å². The van der Waals surface area contributed by atoms with Gasteiger partial charge in [-0.1, -0.05) is 13.8 Å². The molecule has 0 bridgehead atoms. The minimum Gasteiger partial charge on any atom is -0.379 e. The van der Waals surface area contributed by atoms with Gasteiger partial charge < -0.3 is 49.2 Å². The van der Waals surface area contributed by atoms with Crippen LogP contribution in [0.25, 0.3) is 0 Å². The maximum Gasteiger partial charge on any atom is 0.243 e. The summed E-state index contributed by atoms with van der Waals surface area (Å²) in [5, 5.41) is 2.50. The van der Waals surface area contributed by atoms with Crippen LogP contribution in [0, 0.1) is 5.92 Å². The van der Waals surface area contributed by atoms with Gasteiger partial charge in [0.25, 0.3) is 0 Å². The van der Waals surface area contributed by atoms with Crippen molar-refractivity contribution in [2.45, 2.75) is 26.3 Å². The van der Waals surface area contributed by atoms with Crippen molar-refractivity contribution in [2.24, 2.45) is 11.7 Å². The molecule has 2 amide bonds. The molecule has 0 radical (unpaired) electrons. The van der Waals surface area contributed by atoms with Crippen LogP contribution in [-0.2, 0) is 42.8 Å². The second kappa shape index (κ2) is 24.0. The lowest BCUT2D eigenvalue weighted by atomic mass is 10.0. The van der Waals surface area contributed by atoms with E-state index in [4.69, 9.17) is 34.2 Å². The lowest BCUT2D eigenvalue weighted by molar-refractivity contribution is -0.141. The quantitative estimate of drug-likeness (QED) is 0.119. The minimum absolute atomic E-state index is 0.0749. The summed E-state index contributed by atoms with van der Waals surface area (Å²) < 4.78 is 32.2. The molecule has 3 N–H and O–H groups in total. The fraction of sp³-hybridized carbons (Fsp3) is 0.870. The van der Waals surface area contributed by atoms with E-state index in [-0.39, 0.29) is 37.3 Å².